The zero-order valence-electron chi connectivity index (χ0n) is 7.67. The highest BCUT2D eigenvalue weighted by atomic mass is 16.5. The lowest BCUT2D eigenvalue weighted by Crippen LogP contribution is -2.12. The first-order valence-corrected chi connectivity index (χ1v) is 4.32. The molecule has 1 aliphatic rings. The molecule has 1 aliphatic heterocycles. The number of hydrogen-bond acceptors (Lipinski definition) is 3. The number of ether oxygens (including phenoxy) is 1. The van der Waals surface area contributed by atoms with Crippen molar-refractivity contribution in [3.8, 4) is 0 Å². The van der Waals surface area contributed by atoms with Crippen molar-refractivity contribution in [3.63, 3.8) is 0 Å². The molecule has 0 N–H and O–H groups in total. The van der Waals surface area contributed by atoms with Gasteiger partial charge in [0.2, 0.25) is 0 Å². The van der Waals surface area contributed by atoms with Crippen LogP contribution in [-0.2, 0) is 9.53 Å². The summed E-state index contributed by atoms with van der Waals surface area (Å²) in [5.41, 5.74) is 1.09. The van der Waals surface area contributed by atoms with Gasteiger partial charge < -0.3 is 9.64 Å². The van der Waals surface area contributed by atoms with Gasteiger partial charge in [-0.1, -0.05) is 0 Å². The molecule has 12 heavy (non-hydrogen) atoms. The van der Waals surface area contributed by atoms with E-state index in [9.17, 15) is 4.79 Å². The molecule has 68 valence electrons. The molecule has 0 aromatic rings. The quantitative estimate of drug-likeness (QED) is 0.459. The van der Waals surface area contributed by atoms with Gasteiger partial charge in [0.05, 0.1) is 6.61 Å². The third-order valence-corrected chi connectivity index (χ3v) is 1.99. The summed E-state index contributed by atoms with van der Waals surface area (Å²) >= 11 is 0. The van der Waals surface area contributed by atoms with E-state index in [4.69, 9.17) is 4.74 Å². The Morgan fingerprint density at radius 3 is 3.00 bits per heavy atom. The summed E-state index contributed by atoms with van der Waals surface area (Å²) in [6, 6.07) is 0. The number of likely N-dealkylation sites (tertiary alicyclic amines) is 1. The Hall–Kier alpha value is -0.990. The number of nitrogens with zero attached hydrogens (tertiary/aromatic N) is 1. The molecule has 0 aliphatic carbocycles. The Kier molecular flexibility index (Phi) is 3.14. The van der Waals surface area contributed by atoms with Gasteiger partial charge in [-0.05, 0) is 19.8 Å². The summed E-state index contributed by atoms with van der Waals surface area (Å²) < 4.78 is 4.81. The van der Waals surface area contributed by atoms with E-state index in [1.54, 1.807) is 6.08 Å². The Labute approximate surface area is 73.0 Å². The highest BCUT2D eigenvalue weighted by Gasteiger charge is 2.13. The Bertz CT molecular complexity index is 199. The van der Waals surface area contributed by atoms with Gasteiger partial charge in [0.15, 0.2) is 0 Å². The van der Waals surface area contributed by atoms with Crippen molar-refractivity contribution >= 4 is 5.97 Å². The minimum Gasteiger partial charge on any atom is -0.463 e. The molecule has 0 amide bonds. The van der Waals surface area contributed by atoms with Crippen molar-refractivity contribution in [2.75, 3.05) is 20.2 Å². The number of rotatable bonds is 2. The minimum atomic E-state index is -0.221. The number of allylic oxidation sites excluding steroid dienone is 1. The lowest BCUT2D eigenvalue weighted by atomic mass is 10.3. The van der Waals surface area contributed by atoms with Gasteiger partial charge in [0, 0.05) is 25.4 Å². The molecule has 0 unspecified atom stereocenters. The summed E-state index contributed by atoms with van der Waals surface area (Å²) in [5, 5.41) is 0. The lowest BCUT2D eigenvalue weighted by molar-refractivity contribution is -0.137. The van der Waals surface area contributed by atoms with Crippen molar-refractivity contribution in [2.24, 2.45) is 0 Å². The maximum Gasteiger partial charge on any atom is 0.332 e. The third kappa shape index (κ3) is 2.26. The maximum absolute atomic E-state index is 11.0. The molecule has 0 aromatic carbocycles. The Morgan fingerprint density at radius 1 is 1.75 bits per heavy atom. The van der Waals surface area contributed by atoms with Gasteiger partial charge in [-0.25, -0.2) is 4.79 Å². The van der Waals surface area contributed by atoms with Crippen LogP contribution in [0.3, 0.4) is 0 Å². The monoisotopic (exact) mass is 169 g/mol. The number of carbonyl (C=O) groups is 1. The van der Waals surface area contributed by atoms with Crippen molar-refractivity contribution in [1.82, 2.24) is 4.90 Å². The molecule has 3 heteroatoms. The van der Waals surface area contributed by atoms with Crippen LogP contribution < -0.4 is 0 Å². The molecule has 1 rings (SSSR count). The first kappa shape index (κ1) is 9.10. The van der Waals surface area contributed by atoms with Crippen LogP contribution in [0.4, 0.5) is 0 Å². The van der Waals surface area contributed by atoms with Crippen LogP contribution in [0.5, 0.6) is 0 Å². The molecule has 1 heterocycles. The van der Waals surface area contributed by atoms with Gasteiger partial charge in [-0.15, -0.1) is 0 Å². The second kappa shape index (κ2) is 4.14. The van der Waals surface area contributed by atoms with Crippen molar-refractivity contribution in [2.45, 2.75) is 19.8 Å². The van der Waals surface area contributed by atoms with E-state index in [2.05, 4.69) is 4.90 Å². The molecular weight excluding hydrogens is 154 g/mol. The van der Waals surface area contributed by atoms with E-state index in [0.29, 0.717) is 6.61 Å². The smallest absolute Gasteiger partial charge is 0.332 e. The van der Waals surface area contributed by atoms with Crippen LogP contribution in [0, 0.1) is 0 Å². The van der Waals surface area contributed by atoms with Crippen molar-refractivity contribution < 1.29 is 9.53 Å². The molecule has 0 atom stereocenters. The van der Waals surface area contributed by atoms with E-state index in [1.807, 2.05) is 14.0 Å². The largest absolute Gasteiger partial charge is 0.463 e. The second-order valence-electron chi connectivity index (χ2n) is 2.91. The molecular formula is C9H15NO2. The zero-order valence-corrected chi connectivity index (χ0v) is 7.67. The second-order valence-corrected chi connectivity index (χ2v) is 2.91. The van der Waals surface area contributed by atoms with Gasteiger partial charge >= 0.3 is 5.97 Å². The van der Waals surface area contributed by atoms with E-state index in [1.165, 1.54) is 0 Å². The number of esters is 1. The van der Waals surface area contributed by atoms with Crippen molar-refractivity contribution in [1.29, 1.82) is 0 Å². The van der Waals surface area contributed by atoms with Crippen molar-refractivity contribution in [3.05, 3.63) is 11.8 Å². The molecule has 1 saturated heterocycles. The SMILES string of the molecule is CCOC(=O)/C=C1/CCCN1C. The average molecular weight is 169 g/mol. The Balaban J connectivity index is 2.49. The fraction of sp³-hybridized carbons (Fsp3) is 0.667. The summed E-state index contributed by atoms with van der Waals surface area (Å²) in [6.45, 7) is 3.31. The molecule has 0 saturated carbocycles. The Morgan fingerprint density at radius 2 is 2.50 bits per heavy atom. The van der Waals surface area contributed by atoms with E-state index >= 15 is 0 Å². The van der Waals surface area contributed by atoms with E-state index in [0.717, 1.165) is 25.1 Å². The van der Waals surface area contributed by atoms with Crippen LogP contribution >= 0.6 is 0 Å². The van der Waals surface area contributed by atoms with Crippen LogP contribution in [0.15, 0.2) is 11.8 Å². The van der Waals surface area contributed by atoms with Gasteiger partial charge in [-0.3, -0.25) is 0 Å². The number of hydrogen-bond donors (Lipinski definition) is 0. The first-order valence-electron chi connectivity index (χ1n) is 4.32. The molecule has 0 spiro atoms. The van der Waals surface area contributed by atoms with E-state index < -0.39 is 0 Å². The van der Waals surface area contributed by atoms with Crippen LogP contribution in [0.25, 0.3) is 0 Å². The molecule has 3 nitrogen and oxygen atoms in total. The van der Waals surface area contributed by atoms with Gasteiger partial charge in [-0.2, -0.15) is 0 Å². The predicted octanol–water partition coefficient (Wildman–Crippen LogP) is 1.16. The summed E-state index contributed by atoms with van der Waals surface area (Å²) in [7, 11) is 2.00. The van der Waals surface area contributed by atoms with E-state index in [-0.39, 0.29) is 5.97 Å². The summed E-state index contributed by atoms with van der Waals surface area (Å²) in [6.07, 6.45) is 3.73. The number of carbonyl (C=O) groups excluding carboxylic acids is 1. The highest BCUT2D eigenvalue weighted by Crippen LogP contribution is 2.18. The molecule has 0 bridgehead atoms. The fourth-order valence-electron chi connectivity index (χ4n) is 1.33. The van der Waals surface area contributed by atoms with Gasteiger partial charge in [0.25, 0.3) is 0 Å². The zero-order chi connectivity index (χ0) is 8.97. The molecule has 1 fully saturated rings. The highest BCUT2D eigenvalue weighted by molar-refractivity contribution is 5.82. The molecule has 0 aromatic heterocycles. The van der Waals surface area contributed by atoms with Crippen LogP contribution in [0.1, 0.15) is 19.8 Å². The summed E-state index contributed by atoms with van der Waals surface area (Å²) in [4.78, 5) is 13.1. The standard InChI is InChI=1S/C9H15NO2/c1-3-12-9(11)7-8-5-4-6-10(8)2/h7H,3-6H2,1-2H3/b8-7-. The topological polar surface area (TPSA) is 29.5 Å². The van der Waals surface area contributed by atoms with Gasteiger partial charge in [0.1, 0.15) is 0 Å². The first-order chi connectivity index (χ1) is 5.74. The fourth-order valence-corrected chi connectivity index (χ4v) is 1.33. The van der Waals surface area contributed by atoms with Crippen LogP contribution in [0.2, 0.25) is 0 Å². The predicted molar refractivity (Wildman–Crippen MR) is 46.6 cm³/mol. The summed E-state index contributed by atoms with van der Waals surface area (Å²) in [5.74, 6) is -0.221. The third-order valence-electron chi connectivity index (χ3n) is 1.99. The average Bonchev–Trinajstić information content (AvgIpc) is 2.37. The lowest BCUT2D eigenvalue weighted by Gasteiger charge is -2.11. The maximum atomic E-state index is 11.0. The molecule has 0 radical (unpaired) electrons. The minimum absolute atomic E-state index is 0.221. The normalized spacial score (nSPS) is 20.2. The van der Waals surface area contributed by atoms with Crippen LogP contribution in [-0.4, -0.2) is 31.1 Å².